The van der Waals surface area contributed by atoms with Gasteiger partial charge in [0.15, 0.2) is 0 Å². The molecule has 0 spiro atoms. The summed E-state index contributed by atoms with van der Waals surface area (Å²) in [6.45, 7) is 5.52. The van der Waals surface area contributed by atoms with Crippen LogP contribution in [0.4, 0.5) is 5.82 Å². The smallest absolute Gasteiger partial charge is 0.140 e. The normalized spacial score (nSPS) is 10.6. The van der Waals surface area contributed by atoms with E-state index in [4.69, 9.17) is 4.74 Å². The third-order valence-electron chi connectivity index (χ3n) is 1.60. The zero-order valence-electron chi connectivity index (χ0n) is 8.46. The lowest BCUT2D eigenvalue weighted by Gasteiger charge is -2.09. The molecule has 14 heavy (non-hydrogen) atoms. The minimum atomic E-state index is 0.281. The van der Waals surface area contributed by atoms with Crippen molar-refractivity contribution >= 4 is 21.7 Å². The van der Waals surface area contributed by atoms with Crippen molar-refractivity contribution in [2.45, 2.75) is 20.0 Å². The van der Waals surface area contributed by atoms with Gasteiger partial charge >= 0.3 is 0 Å². The van der Waals surface area contributed by atoms with Crippen LogP contribution in [0.3, 0.4) is 0 Å². The number of hydrogen-bond acceptors (Lipinski definition) is 3. The lowest BCUT2D eigenvalue weighted by atomic mass is 10.4. The maximum absolute atomic E-state index is 5.40. The summed E-state index contributed by atoms with van der Waals surface area (Å²) in [6, 6.07) is 3.85. The van der Waals surface area contributed by atoms with Gasteiger partial charge < -0.3 is 10.1 Å². The summed E-state index contributed by atoms with van der Waals surface area (Å²) in [5.74, 6) is 0.861. The second kappa shape index (κ2) is 5.98. The summed E-state index contributed by atoms with van der Waals surface area (Å²) in [7, 11) is 0. The van der Waals surface area contributed by atoms with Crippen molar-refractivity contribution in [2.24, 2.45) is 0 Å². The van der Waals surface area contributed by atoms with Crippen LogP contribution >= 0.6 is 15.9 Å². The molecule has 1 rings (SSSR count). The van der Waals surface area contributed by atoms with E-state index in [1.54, 1.807) is 6.20 Å². The molecule has 1 heterocycles. The SMILES string of the molecule is CC(C)OCCNc1ncccc1Br. The summed E-state index contributed by atoms with van der Waals surface area (Å²) in [5.41, 5.74) is 0. The molecule has 0 amide bonds. The van der Waals surface area contributed by atoms with E-state index in [1.165, 1.54) is 0 Å². The lowest BCUT2D eigenvalue weighted by molar-refractivity contribution is 0.0870. The van der Waals surface area contributed by atoms with Gasteiger partial charge in [-0.15, -0.1) is 0 Å². The molecule has 4 heteroatoms. The van der Waals surface area contributed by atoms with Crippen molar-refractivity contribution in [2.75, 3.05) is 18.5 Å². The summed E-state index contributed by atoms with van der Waals surface area (Å²) < 4.78 is 6.37. The fraction of sp³-hybridized carbons (Fsp3) is 0.500. The fourth-order valence-electron chi connectivity index (χ4n) is 0.980. The van der Waals surface area contributed by atoms with E-state index in [0.717, 1.165) is 16.8 Å². The quantitative estimate of drug-likeness (QED) is 0.825. The number of nitrogens with zero attached hydrogens (tertiary/aromatic N) is 1. The highest BCUT2D eigenvalue weighted by molar-refractivity contribution is 9.10. The van der Waals surface area contributed by atoms with Crippen LogP contribution in [0.1, 0.15) is 13.8 Å². The molecule has 0 aliphatic rings. The standard InChI is InChI=1S/C10H15BrN2O/c1-8(2)14-7-6-13-10-9(11)4-3-5-12-10/h3-5,8H,6-7H2,1-2H3,(H,12,13). The van der Waals surface area contributed by atoms with Crippen molar-refractivity contribution in [1.82, 2.24) is 4.98 Å². The van der Waals surface area contributed by atoms with Crippen molar-refractivity contribution < 1.29 is 4.74 Å². The molecular formula is C10H15BrN2O. The zero-order chi connectivity index (χ0) is 10.4. The second-order valence-corrected chi connectivity index (χ2v) is 4.03. The summed E-state index contributed by atoms with van der Waals surface area (Å²) in [5, 5.41) is 3.19. The number of hydrogen-bond donors (Lipinski definition) is 1. The van der Waals surface area contributed by atoms with E-state index >= 15 is 0 Å². The Bertz CT molecular complexity index is 279. The van der Waals surface area contributed by atoms with Crippen molar-refractivity contribution in [1.29, 1.82) is 0 Å². The molecule has 0 fully saturated rings. The maximum Gasteiger partial charge on any atom is 0.140 e. The topological polar surface area (TPSA) is 34.1 Å². The predicted octanol–water partition coefficient (Wildman–Crippen LogP) is 2.68. The number of anilines is 1. The lowest BCUT2D eigenvalue weighted by Crippen LogP contribution is -2.13. The van der Waals surface area contributed by atoms with Gasteiger partial charge in [-0.3, -0.25) is 0 Å². The molecule has 1 aromatic rings. The van der Waals surface area contributed by atoms with Gasteiger partial charge in [0, 0.05) is 12.7 Å². The van der Waals surface area contributed by atoms with Crippen molar-refractivity contribution in [3.05, 3.63) is 22.8 Å². The Morgan fingerprint density at radius 1 is 1.57 bits per heavy atom. The molecule has 0 saturated heterocycles. The molecule has 0 unspecified atom stereocenters. The molecule has 1 aromatic heterocycles. The van der Waals surface area contributed by atoms with Gasteiger partial charge in [0.05, 0.1) is 17.2 Å². The van der Waals surface area contributed by atoms with Crippen LogP contribution in [0.5, 0.6) is 0 Å². The van der Waals surface area contributed by atoms with E-state index in [2.05, 4.69) is 26.2 Å². The number of rotatable bonds is 5. The predicted molar refractivity (Wildman–Crippen MR) is 61.5 cm³/mol. The average molecular weight is 259 g/mol. The van der Waals surface area contributed by atoms with Gasteiger partial charge in [-0.05, 0) is 41.9 Å². The van der Waals surface area contributed by atoms with Gasteiger partial charge in [-0.25, -0.2) is 4.98 Å². The maximum atomic E-state index is 5.40. The van der Waals surface area contributed by atoms with Crippen LogP contribution in [0.15, 0.2) is 22.8 Å². The van der Waals surface area contributed by atoms with Crippen LogP contribution < -0.4 is 5.32 Å². The highest BCUT2D eigenvalue weighted by atomic mass is 79.9. The Kier molecular flexibility index (Phi) is 4.90. The molecule has 0 aliphatic carbocycles. The van der Waals surface area contributed by atoms with E-state index in [1.807, 2.05) is 26.0 Å². The third kappa shape index (κ3) is 4.07. The van der Waals surface area contributed by atoms with Crippen LogP contribution in [-0.4, -0.2) is 24.2 Å². The van der Waals surface area contributed by atoms with Crippen LogP contribution in [0.2, 0.25) is 0 Å². The minimum absolute atomic E-state index is 0.281. The third-order valence-corrected chi connectivity index (χ3v) is 2.24. The summed E-state index contributed by atoms with van der Waals surface area (Å²) in [6.07, 6.45) is 2.04. The van der Waals surface area contributed by atoms with Crippen LogP contribution in [0, 0.1) is 0 Å². The molecule has 0 bridgehead atoms. The highest BCUT2D eigenvalue weighted by Gasteiger charge is 1.98. The molecule has 0 radical (unpaired) electrons. The van der Waals surface area contributed by atoms with E-state index < -0.39 is 0 Å². The molecule has 0 atom stereocenters. The van der Waals surface area contributed by atoms with E-state index in [0.29, 0.717) is 6.61 Å². The first-order chi connectivity index (χ1) is 6.70. The van der Waals surface area contributed by atoms with Crippen LogP contribution in [0.25, 0.3) is 0 Å². The molecule has 0 aromatic carbocycles. The van der Waals surface area contributed by atoms with E-state index in [-0.39, 0.29) is 6.10 Å². The molecular weight excluding hydrogens is 244 g/mol. The first-order valence-corrected chi connectivity index (χ1v) is 5.45. The fourth-order valence-corrected chi connectivity index (χ4v) is 1.37. The molecule has 0 aliphatic heterocycles. The Labute approximate surface area is 93.0 Å². The Balaban J connectivity index is 2.28. The first-order valence-electron chi connectivity index (χ1n) is 4.66. The van der Waals surface area contributed by atoms with Crippen molar-refractivity contribution in [3.63, 3.8) is 0 Å². The molecule has 3 nitrogen and oxygen atoms in total. The first kappa shape index (κ1) is 11.5. The number of ether oxygens (including phenoxy) is 1. The van der Waals surface area contributed by atoms with Crippen molar-refractivity contribution in [3.8, 4) is 0 Å². The average Bonchev–Trinajstić information content (AvgIpc) is 2.15. The van der Waals surface area contributed by atoms with Gasteiger partial charge in [0.2, 0.25) is 0 Å². The number of aromatic nitrogens is 1. The minimum Gasteiger partial charge on any atom is -0.377 e. The van der Waals surface area contributed by atoms with Gasteiger partial charge in [0.25, 0.3) is 0 Å². The second-order valence-electron chi connectivity index (χ2n) is 3.18. The summed E-state index contributed by atoms with van der Waals surface area (Å²) in [4.78, 5) is 4.18. The molecule has 78 valence electrons. The summed E-state index contributed by atoms with van der Waals surface area (Å²) >= 11 is 3.41. The highest BCUT2D eigenvalue weighted by Crippen LogP contribution is 2.17. The number of pyridine rings is 1. The zero-order valence-corrected chi connectivity index (χ0v) is 10.0. The van der Waals surface area contributed by atoms with Crippen LogP contribution in [-0.2, 0) is 4.74 Å². The Hall–Kier alpha value is -0.610. The monoisotopic (exact) mass is 258 g/mol. The van der Waals surface area contributed by atoms with Gasteiger partial charge in [0.1, 0.15) is 5.82 Å². The Morgan fingerprint density at radius 2 is 2.36 bits per heavy atom. The number of halogens is 1. The largest absolute Gasteiger partial charge is 0.377 e. The van der Waals surface area contributed by atoms with E-state index in [9.17, 15) is 0 Å². The molecule has 1 N–H and O–H groups in total. The van der Waals surface area contributed by atoms with Gasteiger partial charge in [-0.2, -0.15) is 0 Å². The number of nitrogens with one attached hydrogen (secondary N) is 1. The molecule has 0 saturated carbocycles. The Morgan fingerprint density at radius 3 is 3.00 bits per heavy atom. The van der Waals surface area contributed by atoms with Gasteiger partial charge in [-0.1, -0.05) is 0 Å².